The minimum atomic E-state index is 0.816. The second-order valence-corrected chi connectivity index (χ2v) is 5.06. The molecule has 0 bridgehead atoms. The molecule has 2 heterocycles. The van der Waals surface area contributed by atoms with Crippen LogP contribution in [-0.2, 0) is 0 Å². The average molecular weight is 271 g/mol. The lowest BCUT2D eigenvalue weighted by molar-refractivity contribution is -0.362. The first kappa shape index (κ1) is 12.1. The first-order valence-electron chi connectivity index (χ1n) is 6.21. The summed E-state index contributed by atoms with van der Waals surface area (Å²) >= 11 is 1.65. The topological polar surface area (TPSA) is 65.5 Å². The van der Waals surface area contributed by atoms with Gasteiger partial charge in [0, 0.05) is 10.9 Å². The molecule has 0 fully saturated rings. The number of rotatable bonds is 4. The van der Waals surface area contributed by atoms with Gasteiger partial charge in [0.15, 0.2) is 0 Å². The van der Waals surface area contributed by atoms with E-state index in [9.17, 15) is 0 Å². The van der Waals surface area contributed by atoms with Gasteiger partial charge in [-0.2, -0.15) is 0 Å². The van der Waals surface area contributed by atoms with Gasteiger partial charge in [0.2, 0.25) is 0 Å². The van der Waals surface area contributed by atoms with Crippen LogP contribution in [0.25, 0.3) is 21.3 Å². The molecule has 0 spiro atoms. The molecule has 0 aliphatic carbocycles. The van der Waals surface area contributed by atoms with Crippen LogP contribution in [0.5, 0.6) is 0 Å². The van der Waals surface area contributed by atoms with E-state index in [-0.39, 0.29) is 0 Å². The molecule has 5 heteroatoms. The molecule has 4 N–H and O–H groups in total. The molecule has 0 radical (unpaired) electrons. The third kappa shape index (κ3) is 2.30. The standard InChI is InChI=1S/C14H14N4S/c15-6-7-16-13-12-11(10-4-2-1-3-5-10)8-19-14(12)18-9-17-13/h1-5,8-9H,6-7,15H2,(H,16,17,18)/p+1. The number of benzene rings is 1. The van der Waals surface area contributed by atoms with E-state index in [2.05, 4.69) is 38.5 Å². The Bertz CT molecular complexity index is 678. The highest BCUT2D eigenvalue weighted by Gasteiger charge is 2.12. The average Bonchev–Trinajstić information content (AvgIpc) is 2.90. The van der Waals surface area contributed by atoms with Crippen molar-refractivity contribution in [2.24, 2.45) is 0 Å². The zero-order valence-electron chi connectivity index (χ0n) is 10.5. The maximum absolute atomic E-state index is 4.36. The van der Waals surface area contributed by atoms with Crippen LogP contribution in [0.4, 0.5) is 5.82 Å². The first-order valence-corrected chi connectivity index (χ1v) is 7.09. The Kier molecular flexibility index (Phi) is 3.39. The normalized spacial score (nSPS) is 10.8. The summed E-state index contributed by atoms with van der Waals surface area (Å²) in [6.45, 7) is 1.65. The highest BCUT2D eigenvalue weighted by Crippen LogP contribution is 2.36. The Balaban J connectivity index is 2.15. The summed E-state index contributed by atoms with van der Waals surface area (Å²) in [6.07, 6.45) is 1.61. The van der Waals surface area contributed by atoms with E-state index in [1.165, 1.54) is 11.1 Å². The zero-order valence-corrected chi connectivity index (χ0v) is 11.3. The molecule has 0 saturated heterocycles. The molecule has 0 aliphatic heterocycles. The van der Waals surface area contributed by atoms with E-state index in [4.69, 9.17) is 0 Å². The van der Waals surface area contributed by atoms with Crippen molar-refractivity contribution in [3.8, 4) is 11.1 Å². The summed E-state index contributed by atoms with van der Waals surface area (Å²) in [6, 6.07) is 10.3. The van der Waals surface area contributed by atoms with Crippen molar-refractivity contribution < 1.29 is 5.73 Å². The molecule has 1 aromatic carbocycles. The van der Waals surface area contributed by atoms with Crippen LogP contribution < -0.4 is 11.1 Å². The summed E-state index contributed by atoms with van der Waals surface area (Å²) in [4.78, 5) is 9.72. The second kappa shape index (κ2) is 5.34. The molecule has 4 nitrogen and oxygen atoms in total. The predicted octanol–water partition coefficient (Wildman–Crippen LogP) is 2.01. The van der Waals surface area contributed by atoms with Crippen molar-refractivity contribution in [2.75, 3.05) is 18.4 Å². The maximum Gasteiger partial charge on any atom is 0.139 e. The summed E-state index contributed by atoms with van der Waals surface area (Å²) in [5, 5.41) is 6.57. The Hall–Kier alpha value is -1.98. The van der Waals surface area contributed by atoms with Gasteiger partial charge in [-0.1, -0.05) is 30.3 Å². The van der Waals surface area contributed by atoms with Gasteiger partial charge in [-0.05, 0) is 5.56 Å². The Morgan fingerprint density at radius 1 is 1.16 bits per heavy atom. The quantitative estimate of drug-likeness (QED) is 0.763. The van der Waals surface area contributed by atoms with E-state index in [1.807, 2.05) is 18.2 Å². The van der Waals surface area contributed by atoms with Crippen molar-refractivity contribution in [3.05, 3.63) is 42.0 Å². The molecule has 3 rings (SSSR count). The number of quaternary nitrogens is 1. The lowest BCUT2D eigenvalue weighted by Crippen LogP contribution is -2.53. The number of aromatic nitrogens is 2. The highest BCUT2D eigenvalue weighted by atomic mass is 32.1. The predicted molar refractivity (Wildman–Crippen MR) is 79.1 cm³/mol. The fourth-order valence-corrected chi connectivity index (χ4v) is 2.96. The zero-order chi connectivity index (χ0) is 13.1. The summed E-state index contributed by atoms with van der Waals surface area (Å²) in [7, 11) is 0. The molecule has 0 saturated carbocycles. The maximum atomic E-state index is 4.36. The minimum absolute atomic E-state index is 0.816. The molecular weight excluding hydrogens is 256 g/mol. The molecule has 0 aliphatic rings. The van der Waals surface area contributed by atoms with Crippen LogP contribution in [0.1, 0.15) is 0 Å². The molecule has 0 atom stereocenters. The van der Waals surface area contributed by atoms with Crippen molar-refractivity contribution in [1.29, 1.82) is 0 Å². The van der Waals surface area contributed by atoms with Gasteiger partial charge in [0.05, 0.1) is 18.5 Å². The molecule has 96 valence electrons. The molecule has 0 amide bonds. The lowest BCUT2D eigenvalue weighted by atomic mass is 10.1. The minimum Gasteiger partial charge on any atom is -0.364 e. The summed E-state index contributed by atoms with van der Waals surface area (Å²) < 4.78 is 0. The lowest BCUT2D eigenvalue weighted by Gasteiger charge is -2.06. The van der Waals surface area contributed by atoms with E-state index in [1.54, 1.807) is 17.7 Å². The SMILES string of the molecule is [NH3+]CCNc1ncnc2scc(-c3ccccc3)c12. The van der Waals surface area contributed by atoms with Crippen LogP contribution >= 0.6 is 11.3 Å². The van der Waals surface area contributed by atoms with Gasteiger partial charge in [-0.25, -0.2) is 9.97 Å². The molecule has 3 aromatic rings. The number of thiophene rings is 1. The first-order chi connectivity index (χ1) is 9.40. The van der Waals surface area contributed by atoms with Crippen LogP contribution in [0.2, 0.25) is 0 Å². The van der Waals surface area contributed by atoms with Gasteiger partial charge in [-0.3, -0.25) is 0 Å². The highest BCUT2D eigenvalue weighted by molar-refractivity contribution is 7.17. The molecule has 2 aromatic heterocycles. The fraction of sp³-hybridized carbons (Fsp3) is 0.143. The van der Waals surface area contributed by atoms with E-state index < -0.39 is 0 Å². The number of anilines is 1. The van der Waals surface area contributed by atoms with Crippen LogP contribution in [0.3, 0.4) is 0 Å². The largest absolute Gasteiger partial charge is 0.364 e. The third-order valence-electron chi connectivity index (χ3n) is 2.92. The number of fused-ring (bicyclic) bond motifs is 1. The Morgan fingerprint density at radius 2 is 2.00 bits per heavy atom. The second-order valence-electron chi connectivity index (χ2n) is 4.20. The van der Waals surface area contributed by atoms with Crippen molar-refractivity contribution in [3.63, 3.8) is 0 Å². The number of nitrogens with zero attached hydrogens (tertiary/aromatic N) is 2. The fourth-order valence-electron chi connectivity index (χ4n) is 2.05. The van der Waals surface area contributed by atoms with E-state index >= 15 is 0 Å². The van der Waals surface area contributed by atoms with E-state index in [0.717, 1.165) is 29.1 Å². The van der Waals surface area contributed by atoms with Gasteiger partial charge >= 0.3 is 0 Å². The summed E-state index contributed by atoms with van der Waals surface area (Å²) in [5.74, 6) is 0.897. The smallest absolute Gasteiger partial charge is 0.139 e. The monoisotopic (exact) mass is 271 g/mol. The Morgan fingerprint density at radius 3 is 2.79 bits per heavy atom. The van der Waals surface area contributed by atoms with Crippen molar-refractivity contribution in [1.82, 2.24) is 9.97 Å². The van der Waals surface area contributed by atoms with Gasteiger partial charge in [-0.15, -0.1) is 11.3 Å². The van der Waals surface area contributed by atoms with Crippen LogP contribution in [0.15, 0.2) is 42.0 Å². The van der Waals surface area contributed by atoms with E-state index in [0.29, 0.717) is 0 Å². The number of nitrogens with one attached hydrogen (secondary N) is 1. The Labute approximate surface area is 115 Å². The van der Waals surface area contributed by atoms with Gasteiger partial charge in [0.25, 0.3) is 0 Å². The van der Waals surface area contributed by atoms with Crippen LogP contribution in [0, 0.1) is 0 Å². The number of hydrogen-bond donors (Lipinski definition) is 2. The van der Waals surface area contributed by atoms with Crippen molar-refractivity contribution >= 4 is 27.4 Å². The third-order valence-corrected chi connectivity index (χ3v) is 3.81. The molecule has 19 heavy (non-hydrogen) atoms. The molecular formula is C14H15N4S+. The van der Waals surface area contributed by atoms with Crippen molar-refractivity contribution in [2.45, 2.75) is 0 Å². The molecule has 0 unspecified atom stereocenters. The van der Waals surface area contributed by atoms with Crippen LogP contribution in [-0.4, -0.2) is 23.1 Å². The summed E-state index contributed by atoms with van der Waals surface area (Å²) in [5.41, 5.74) is 6.23. The van der Waals surface area contributed by atoms with Gasteiger partial charge < -0.3 is 11.1 Å². The number of hydrogen-bond acceptors (Lipinski definition) is 4. The van der Waals surface area contributed by atoms with Gasteiger partial charge in [0.1, 0.15) is 17.0 Å².